The van der Waals surface area contributed by atoms with Gasteiger partial charge in [0.15, 0.2) is 5.84 Å². The van der Waals surface area contributed by atoms with E-state index in [1.807, 2.05) is 30.3 Å². The van der Waals surface area contributed by atoms with Crippen molar-refractivity contribution in [3.63, 3.8) is 0 Å². The summed E-state index contributed by atoms with van der Waals surface area (Å²) in [6.07, 6.45) is 0. The fraction of sp³-hybridized carbons (Fsp3) is 0.130. The van der Waals surface area contributed by atoms with Gasteiger partial charge < -0.3 is 19.5 Å². The molecule has 1 aromatic carbocycles. The number of hydrogen-bond donors (Lipinski definition) is 2. The van der Waals surface area contributed by atoms with Gasteiger partial charge in [0.05, 0.1) is 12.8 Å². The first kappa shape index (κ1) is 22.0. The molecular formula is C23H20N4O5S. The van der Waals surface area contributed by atoms with E-state index < -0.39 is 17.4 Å². The van der Waals surface area contributed by atoms with Gasteiger partial charge in [-0.25, -0.2) is 10.3 Å². The number of thiophene rings is 1. The van der Waals surface area contributed by atoms with Crippen LogP contribution in [0.1, 0.15) is 20.9 Å². The van der Waals surface area contributed by atoms with Crippen molar-refractivity contribution in [1.29, 1.82) is 0 Å². The normalized spacial score (nSPS) is 14.2. The van der Waals surface area contributed by atoms with E-state index in [0.29, 0.717) is 22.4 Å². The summed E-state index contributed by atoms with van der Waals surface area (Å²) in [6, 6.07) is 12.6. The minimum atomic E-state index is -0.549. The molecule has 1 amide bonds. The zero-order valence-electron chi connectivity index (χ0n) is 17.9. The summed E-state index contributed by atoms with van der Waals surface area (Å²) < 4.78 is 6.02. The lowest BCUT2D eigenvalue weighted by atomic mass is 10.2. The number of hydrogen-bond acceptors (Lipinski definition) is 8. The van der Waals surface area contributed by atoms with Gasteiger partial charge in [-0.05, 0) is 29.7 Å². The molecule has 0 saturated carbocycles. The maximum Gasteiger partial charge on any atom is 0.350 e. The smallest absolute Gasteiger partial charge is 0.350 e. The van der Waals surface area contributed by atoms with Gasteiger partial charge in [0, 0.05) is 11.3 Å². The van der Waals surface area contributed by atoms with E-state index in [9.17, 15) is 14.4 Å². The quantitative estimate of drug-likeness (QED) is 0.547. The molecule has 0 fully saturated rings. The number of nitrogens with one attached hydrogen (secondary N) is 2. The number of amides is 1. The van der Waals surface area contributed by atoms with Crippen LogP contribution in [-0.4, -0.2) is 29.4 Å². The van der Waals surface area contributed by atoms with Crippen molar-refractivity contribution in [1.82, 2.24) is 10.0 Å². The highest BCUT2D eigenvalue weighted by Gasteiger charge is 2.19. The summed E-state index contributed by atoms with van der Waals surface area (Å²) in [4.78, 5) is 47.9. The number of carbonyl (C=O) groups is 2. The molecule has 3 aromatic rings. The van der Waals surface area contributed by atoms with E-state index in [1.165, 1.54) is 11.7 Å². The lowest BCUT2D eigenvalue weighted by molar-refractivity contribution is -0.116. The maximum atomic E-state index is 13.3. The molecule has 0 atom stereocenters. The van der Waals surface area contributed by atoms with Gasteiger partial charge in [0.2, 0.25) is 5.91 Å². The average molecular weight is 465 g/mol. The molecule has 168 valence electrons. The molecule has 4 rings (SSSR count). The second-order valence-corrected chi connectivity index (χ2v) is 8.03. The number of aliphatic imine (C=N–C) groups is 1. The molecule has 1 aliphatic heterocycles. The second kappa shape index (κ2) is 9.13. The van der Waals surface area contributed by atoms with Crippen molar-refractivity contribution in [3.8, 4) is 0 Å². The van der Waals surface area contributed by atoms with E-state index in [-0.39, 0.29) is 22.5 Å². The Labute approximate surface area is 192 Å². The Balaban J connectivity index is 1.68. The fourth-order valence-electron chi connectivity index (χ4n) is 3.32. The van der Waals surface area contributed by atoms with Crippen molar-refractivity contribution in [2.24, 2.45) is 4.99 Å². The third kappa shape index (κ3) is 4.41. The Bertz CT molecular complexity index is 1440. The van der Waals surface area contributed by atoms with E-state index in [4.69, 9.17) is 9.57 Å². The number of esters is 1. The Hall–Kier alpha value is -4.18. The van der Waals surface area contributed by atoms with Crippen molar-refractivity contribution >= 4 is 47.2 Å². The number of aryl methyl sites for hydroxylation is 1. The largest absolute Gasteiger partial charge is 0.465 e. The zero-order valence-corrected chi connectivity index (χ0v) is 18.7. The summed E-state index contributed by atoms with van der Waals surface area (Å²) in [6.45, 7) is 5.37. The van der Waals surface area contributed by atoms with Crippen molar-refractivity contribution in [3.05, 3.63) is 84.8 Å². The summed E-state index contributed by atoms with van der Waals surface area (Å²) in [5, 5.41) is 4.90. The third-order valence-corrected chi connectivity index (χ3v) is 5.81. The molecule has 0 radical (unpaired) electrons. The number of nitrogens with zero attached hydrogens (tertiary/aromatic N) is 2. The van der Waals surface area contributed by atoms with E-state index in [0.717, 1.165) is 16.9 Å². The van der Waals surface area contributed by atoms with Crippen LogP contribution in [0.5, 0.6) is 0 Å². The SMILES string of the molecule is C=c1cc(C)n(CC(=O)Nc2ccsc2C(=O)OC)c(=O)c1=C1N=C(c2ccccc2)NO1. The minimum Gasteiger partial charge on any atom is -0.465 e. The Kier molecular flexibility index (Phi) is 6.09. The number of hydroxylamine groups is 1. The molecule has 2 aromatic heterocycles. The molecule has 33 heavy (non-hydrogen) atoms. The van der Waals surface area contributed by atoms with Crippen LogP contribution in [0.15, 0.2) is 57.6 Å². The van der Waals surface area contributed by atoms with Gasteiger partial charge in [0.25, 0.3) is 11.4 Å². The van der Waals surface area contributed by atoms with Crippen LogP contribution in [0.2, 0.25) is 0 Å². The van der Waals surface area contributed by atoms with Crippen LogP contribution in [0.3, 0.4) is 0 Å². The Morgan fingerprint density at radius 3 is 2.76 bits per heavy atom. The topological polar surface area (TPSA) is 111 Å². The first-order valence-corrected chi connectivity index (χ1v) is 10.7. The molecule has 0 bridgehead atoms. The van der Waals surface area contributed by atoms with Crippen molar-refractivity contribution < 1.29 is 19.2 Å². The van der Waals surface area contributed by atoms with Crippen LogP contribution >= 0.6 is 11.3 Å². The van der Waals surface area contributed by atoms with Crippen LogP contribution in [0, 0.1) is 6.92 Å². The highest BCUT2D eigenvalue weighted by molar-refractivity contribution is 7.12. The standard InChI is InChI=1S/C23H20N4O5S/c1-13-11-14(2)27(12-17(28)24-16-9-10-33-19(16)23(30)31-3)22(29)18(13)21-25-20(26-32-21)15-7-5-4-6-8-15/h4-11H,1,12H2,2-3H3,(H,24,28)(H,25,26). The molecule has 0 unspecified atom stereocenters. The van der Waals surface area contributed by atoms with Gasteiger partial charge in [-0.2, -0.15) is 4.99 Å². The predicted molar refractivity (Wildman–Crippen MR) is 125 cm³/mol. The highest BCUT2D eigenvalue weighted by atomic mass is 32.1. The first-order valence-electron chi connectivity index (χ1n) is 9.85. The summed E-state index contributed by atoms with van der Waals surface area (Å²) in [5.41, 5.74) is 3.91. The molecule has 0 saturated heterocycles. The zero-order chi connectivity index (χ0) is 23.5. The summed E-state index contributed by atoms with van der Waals surface area (Å²) in [7, 11) is 1.27. The van der Waals surface area contributed by atoms with Crippen LogP contribution < -0.4 is 26.8 Å². The van der Waals surface area contributed by atoms with Gasteiger partial charge in [-0.1, -0.05) is 36.9 Å². The van der Waals surface area contributed by atoms with Gasteiger partial charge in [-0.3, -0.25) is 9.59 Å². The molecule has 0 aliphatic carbocycles. The summed E-state index contributed by atoms with van der Waals surface area (Å²) >= 11 is 1.15. The van der Waals surface area contributed by atoms with Gasteiger partial charge in [-0.15, -0.1) is 11.3 Å². The van der Waals surface area contributed by atoms with Crippen molar-refractivity contribution in [2.75, 3.05) is 12.4 Å². The molecule has 9 nitrogen and oxygen atoms in total. The average Bonchev–Trinajstić information content (AvgIpc) is 3.47. The van der Waals surface area contributed by atoms with Crippen LogP contribution in [0.25, 0.3) is 12.5 Å². The van der Waals surface area contributed by atoms with E-state index >= 15 is 0 Å². The fourth-order valence-corrected chi connectivity index (χ4v) is 4.09. The van der Waals surface area contributed by atoms with Gasteiger partial charge >= 0.3 is 5.97 Å². The monoisotopic (exact) mass is 464 g/mol. The lowest BCUT2D eigenvalue weighted by Gasteiger charge is -2.11. The lowest BCUT2D eigenvalue weighted by Crippen LogP contribution is -2.47. The van der Waals surface area contributed by atoms with Crippen molar-refractivity contribution in [2.45, 2.75) is 13.5 Å². The first-order chi connectivity index (χ1) is 15.9. The second-order valence-electron chi connectivity index (χ2n) is 7.12. The predicted octanol–water partition coefficient (Wildman–Crippen LogP) is 1.10. The number of rotatable bonds is 5. The Morgan fingerprint density at radius 1 is 1.27 bits per heavy atom. The molecule has 2 N–H and O–H groups in total. The molecular weight excluding hydrogens is 444 g/mol. The Morgan fingerprint density at radius 2 is 2.03 bits per heavy atom. The van der Waals surface area contributed by atoms with Crippen LogP contribution in [-0.2, 0) is 20.9 Å². The number of methoxy groups -OCH3 is 1. The highest BCUT2D eigenvalue weighted by Crippen LogP contribution is 2.23. The number of amidine groups is 1. The summed E-state index contributed by atoms with van der Waals surface area (Å²) in [5.74, 6) is -0.493. The minimum absolute atomic E-state index is 0.0730. The number of benzene rings is 1. The molecule has 3 heterocycles. The third-order valence-electron chi connectivity index (χ3n) is 4.92. The number of aromatic nitrogens is 1. The molecule has 1 aliphatic rings. The number of ether oxygens (including phenoxy) is 1. The number of anilines is 1. The van der Waals surface area contributed by atoms with Gasteiger partial charge in [0.1, 0.15) is 16.6 Å². The molecule has 0 spiro atoms. The maximum absolute atomic E-state index is 13.3. The van der Waals surface area contributed by atoms with Crippen LogP contribution in [0.4, 0.5) is 5.69 Å². The number of pyridine rings is 1. The van der Waals surface area contributed by atoms with E-state index in [1.54, 1.807) is 24.4 Å². The molecule has 10 heteroatoms. The van der Waals surface area contributed by atoms with E-state index in [2.05, 4.69) is 22.4 Å². The number of carbonyl (C=O) groups excluding carboxylic acids is 2.